The molecule has 2 aliphatic heterocycles. The summed E-state index contributed by atoms with van der Waals surface area (Å²) in [6, 6.07) is 0. The van der Waals surface area contributed by atoms with E-state index in [1.165, 1.54) is 0 Å². The number of hydrogen-bond donors (Lipinski definition) is 0. The van der Waals surface area contributed by atoms with Gasteiger partial charge in [0.15, 0.2) is 0 Å². The van der Waals surface area contributed by atoms with Crippen molar-refractivity contribution in [3.05, 3.63) is 0 Å². The Bertz CT molecular complexity index is 261. The number of hydrogen-bond acceptors (Lipinski definition) is 3. The van der Waals surface area contributed by atoms with Crippen molar-refractivity contribution < 1.29 is 14.3 Å². The Balaban J connectivity index is 1.83. The summed E-state index contributed by atoms with van der Waals surface area (Å²) in [6.07, 6.45) is 3.78. The van der Waals surface area contributed by atoms with E-state index in [4.69, 9.17) is 9.47 Å². The molecule has 0 bridgehead atoms. The predicted molar refractivity (Wildman–Crippen MR) is 60.2 cm³/mol. The van der Waals surface area contributed by atoms with Crippen LogP contribution in [0.2, 0.25) is 0 Å². The van der Waals surface area contributed by atoms with Gasteiger partial charge in [0, 0.05) is 26.6 Å². The molecule has 16 heavy (non-hydrogen) atoms. The highest BCUT2D eigenvalue weighted by molar-refractivity contribution is 5.77. The minimum Gasteiger partial charge on any atom is -0.381 e. The van der Waals surface area contributed by atoms with Gasteiger partial charge in [-0.3, -0.25) is 4.79 Å². The third-order valence-electron chi connectivity index (χ3n) is 3.56. The third kappa shape index (κ3) is 2.23. The van der Waals surface area contributed by atoms with Gasteiger partial charge >= 0.3 is 0 Å². The molecule has 92 valence electrons. The van der Waals surface area contributed by atoms with Crippen molar-refractivity contribution in [1.29, 1.82) is 0 Å². The third-order valence-corrected chi connectivity index (χ3v) is 3.56. The molecule has 2 fully saturated rings. The first kappa shape index (κ1) is 11.9. The summed E-state index contributed by atoms with van der Waals surface area (Å²) in [7, 11) is 1.75. The van der Waals surface area contributed by atoms with Crippen molar-refractivity contribution >= 4 is 5.91 Å². The maximum absolute atomic E-state index is 11.6. The lowest BCUT2D eigenvalue weighted by atomic mass is 9.84. The Kier molecular flexibility index (Phi) is 3.50. The fourth-order valence-corrected chi connectivity index (χ4v) is 2.60. The summed E-state index contributed by atoms with van der Waals surface area (Å²) in [6.45, 7) is 4.30. The summed E-state index contributed by atoms with van der Waals surface area (Å²) < 4.78 is 11.2. The van der Waals surface area contributed by atoms with Crippen LogP contribution in [0.1, 0.15) is 32.6 Å². The van der Waals surface area contributed by atoms with E-state index in [0.29, 0.717) is 12.5 Å². The summed E-state index contributed by atoms with van der Waals surface area (Å²) in [5.41, 5.74) is -0.0949. The smallest absolute Gasteiger partial charge is 0.222 e. The second kappa shape index (κ2) is 4.72. The number of carbonyl (C=O) groups is 1. The van der Waals surface area contributed by atoms with E-state index in [-0.39, 0.29) is 11.5 Å². The molecule has 0 aromatic rings. The maximum atomic E-state index is 11.6. The van der Waals surface area contributed by atoms with E-state index < -0.39 is 0 Å². The van der Waals surface area contributed by atoms with E-state index >= 15 is 0 Å². The van der Waals surface area contributed by atoms with Crippen molar-refractivity contribution in [3.63, 3.8) is 0 Å². The molecule has 1 atom stereocenters. The molecule has 4 heteroatoms. The minimum atomic E-state index is -0.0949. The topological polar surface area (TPSA) is 38.8 Å². The highest BCUT2D eigenvalue weighted by Crippen LogP contribution is 2.35. The summed E-state index contributed by atoms with van der Waals surface area (Å²) >= 11 is 0. The number of nitrogens with zero attached hydrogens (tertiary/aromatic N) is 1. The molecule has 0 aromatic heterocycles. The molecule has 2 heterocycles. The Hall–Kier alpha value is -0.610. The maximum Gasteiger partial charge on any atom is 0.222 e. The van der Waals surface area contributed by atoms with Gasteiger partial charge in [0.05, 0.1) is 19.2 Å². The van der Waals surface area contributed by atoms with Crippen LogP contribution in [0.25, 0.3) is 0 Å². The zero-order chi connectivity index (χ0) is 11.6. The Labute approximate surface area is 96.9 Å². The minimum absolute atomic E-state index is 0.0949. The van der Waals surface area contributed by atoms with Crippen molar-refractivity contribution in [2.24, 2.45) is 0 Å². The van der Waals surface area contributed by atoms with Crippen molar-refractivity contribution in [2.75, 3.05) is 26.8 Å². The van der Waals surface area contributed by atoms with Gasteiger partial charge in [0.25, 0.3) is 0 Å². The van der Waals surface area contributed by atoms with Crippen LogP contribution < -0.4 is 0 Å². The van der Waals surface area contributed by atoms with Crippen molar-refractivity contribution in [2.45, 2.75) is 44.3 Å². The number of likely N-dealkylation sites (tertiary alicyclic amines) is 1. The summed E-state index contributed by atoms with van der Waals surface area (Å²) in [5.74, 6) is 0.260. The first-order valence-corrected chi connectivity index (χ1v) is 6.13. The van der Waals surface area contributed by atoms with E-state index in [1.807, 2.05) is 11.8 Å². The normalized spacial score (nSPS) is 27.9. The van der Waals surface area contributed by atoms with E-state index in [9.17, 15) is 4.79 Å². The van der Waals surface area contributed by atoms with Gasteiger partial charge in [-0.05, 0) is 12.8 Å². The van der Waals surface area contributed by atoms with E-state index in [2.05, 4.69) is 0 Å². The van der Waals surface area contributed by atoms with Crippen molar-refractivity contribution in [3.8, 4) is 0 Å². The number of ether oxygens (including phenoxy) is 2. The fraction of sp³-hybridized carbons (Fsp3) is 0.917. The number of amides is 1. The van der Waals surface area contributed by atoms with Crippen LogP contribution in [0.3, 0.4) is 0 Å². The molecule has 1 amide bonds. The first-order valence-electron chi connectivity index (χ1n) is 6.13. The monoisotopic (exact) mass is 227 g/mol. The zero-order valence-electron chi connectivity index (χ0n) is 10.2. The molecule has 1 spiro atoms. The average molecular weight is 227 g/mol. The van der Waals surface area contributed by atoms with Gasteiger partial charge in [0.2, 0.25) is 5.91 Å². The predicted octanol–water partition coefficient (Wildman–Crippen LogP) is 1.19. The summed E-state index contributed by atoms with van der Waals surface area (Å²) in [4.78, 5) is 13.5. The lowest BCUT2D eigenvalue weighted by Gasteiger charge is -2.53. The number of carbonyl (C=O) groups excluding carboxylic acids is 1. The molecule has 2 rings (SSSR count). The zero-order valence-corrected chi connectivity index (χ0v) is 10.2. The largest absolute Gasteiger partial charge is 0.381 e. The van der Waals surface area contributed by atoms with Gasteiger partial charge in [-0.25, -0.2) is 0 Å². The van der Waals surface area contributed by atoms with Crippen LogP contribution in [0.15, 0.2) is 0 Å². The molecular weight excluding hydrogens is 206 g/mol. The molecular formula is C12H21NO3. The van der Waals surface area contributed by atoms with Gasteiger partial charge in [-0.1, -0.05) is 6.92 Å². The Morgan fingerprint density at radius 3 is 2.94 bits per heavy atom. The van der Waals surface area contributed by atoms with Crippen LogP contribution in [-0.4, -0.2) is 49.3 Å². The molecule has 0 saturated carbocycles. The lowest BCUT2D eigenvalue weighted by molar-refractivity contribution is -0.198. The summed E-state index contributed by atoms with van der Waals surface area (Å²) in [5, 5.41) is 0. The Morgan fingerprint density at radius 2 is 2.31 bits per heavy atom. The second-order valence-electron chi connectivity index (χ2n) is 4.88. The number of rotatable bonds is 3. The quantitative estimate of drug-likeness (QED) is 0.727. The molecule has 0 aliphatic carbocycles. The Morgan fingerprint density at radius 1 is 1.56 bits per heavy atom. The van der Waals surface area contributed by atoms with Gasteiger partial charge < -0.3 is 14.4 Å². The fourth-order valence-electron chi connectivity index (χ4n) is 2.60. The first-order chi connectivity index (χ1) is 7.69. The second-order valence-corrected chi connectivity index (χ2v) is 4.88. The molecule has 4 nitrogen and oxygen atoms in total. The highest BCUT2D eigenvalue weighted by Gasteiger charge is 2.49. The SMILES string of the molecule is CCCC(=O)N1CC2(CC(OC)CCO2)C1. The van der Waals surface area contributed by atoms with Gasteiger partial charge in [-0.15, -0.1) is 0 Å². The van der Waals surface area contributed by atoms with Crippen LogP contribution in [0.5, 0.6) is 0 Å². The van der Waals surface area contributed by atoms with E-state index in [1.54, 1.807) is 7.11 Å². The molecule has 0 radical (unpaired) electrons. The van der Waals surface area contributed by atoms with Crippen LogP contribution >= 0.6 is 0 Å². The van der Waals surface area contributed by atoms with Crippen LogP contribution in [0, 0.1) is 0 Å². The molecule has 0 N–H and O–H groups in total. The average Bonchev–Trinajstić information content (AvgIpc) is 2.26. The molecule has 2 aliphatic rings. The highest BCUT2D eigenvalue weighted by atomic mass is 16.5. The van der Waals surface area contributed by atoms with Crippen molar-refractivity contribution in [1.82, 2.24) is 4.90 Å². The van der Waals surface area contributed by atoms with E-state index in [0.717, 1.165) is 39.0 Å². The molecule has 0 aromatic carbocycles. The molecule has 1 unspecified atom stereocenters. The van der Waals surface area contributed by atoms with Crippen LogP contribution in [-0.2, 0) is 14.3 Å². The van der Waals surface area contributed by atoms with Crippen LogP contribution in [0.4, 0.5) is 0 Å². The lowest BCUT2D eigenvalue weighted by Crippen LogP contribution is -2.67. The van der Waals surface area contributed by atoms with Gasteiger partial charge in [-0.2, -0.15) is 0 Å². The number of methoxy groups -OCH3 is 1. The van der Waals surface area contributed by atoms with Gasteiger partial charge in [0.1, 0.15) is 5.60 Å². The standard InChI is InChI=1S/C12H21NO3/c1-3-4-11(14)13-8-12(9-13)7-10(15-2)5-6-16-12/h10H,3-9H2,1-2H3. The molecule has 2 saturated heterocycles.